The summed E-state index contributed by atoms with van der Waals surface area (Å²) in [5.74, 6) is 1.32. The van der Waals surface area contributed by atoms with Gasteiger partial charge >= 0.3 is 0 Å². The maximum Gasteiger partial charge on any atom is 0.289 e. The van der Waals surface area contributed by atoms with Crippen molar-refractivity contribution in [2.75, 3.05) is 44.4 Å². The molecule has 8 nitrogen and oxygen atoms in total. The number of ether oxygens (including phenoxy) is 1. The van der Waals surface area contributed by atoms with Crippen LogP contribution in [0.15, 0.2) is 88.4 Å². The van der Waals surface area contributed by atoms with E-state index in [9.17, 15) is 9.59 Å². The van der Waals surface area contributed by atoms with E-state index in [1.807, 2.05) is 66.9 Å². The Morgan fingerprint density at radius 1 is 1.00 bits per heavy atom. The molecule has 0 aliphatic carbocycles. The normalized spacial score (nSPS) is 13.3. The maximum atomic E-state index is 13.5. The molecule has 2 aromatic carbocycles. The summed E-state index contributed by atoms with van der Waals surface area (Å²) in [4.78, 5) is 36.2. The van der Waals surface area contributed by atoms with Crippen molar-refractivity contribution in [1.29, 1.82) is 0 Å². The molecule has 3 heterocycles. The zero-order valence-corrected chi connectivity index (χ0v) is 22.7. The van der Waals surface area contributed by atoms with Crippen LogP contribution in [-0.4, -0.2) is 61.2 Å². The number of pyridine rings is 1. The molecule has 0 unspecified atom stereocenters. The third kappa shape index (κ3) is 5.93. The van der Waals surface area contributed by atoms with Crippen LogP contribution in [0.5, 0.6) is 5.75 Å². The second kappa shape index (κ2) is 12.1. The van der Waals surface area contributed by atoms with E-state index in [1.54, 1.807) is 35.9 Å². The van der Waals surface area contributed by atoms with Gasteiger partial charge in [0.15, 0.2) is 5.76 Å². The van der Waals surface area contributed by atoms with Crippen LogP contribution in [0, 0.1) is 0 Å². The second-order valence-corrected chi connectivity index (χ2v) is 9.90. The molecular weight excluding hydrogens is 512 g/mol. The molecule has 9 heteroatoms. The van der Waals surface area contributed by atoms with Gasteiger partial charge < -0.3 is 24.3 Å². The van der Waals surface area contributed by atoms with Crippen LogP contribution in [-0.2, 0) is 6.54 Å². The van der Waals surface area contributed by atoms with Crippen LogP contribution < -0.4 is 15.0 Å². The van der Waals surface area contributed by atoms with Crippen molar-refractivity contribution in [3.8, 4) is 17.0 Å². The SMILES string of the molecule is COc1cccc(-c2ccc(C(=O)NCc3ccccc3SC)c(N3CCN(C(=O)c4ccco4)CC3)n2)c1. The van der Waals surface area contributed by atoms with Gasteiger partial charge in [0.25, 0.3) is 11.8 Å². The molecule has 0 bridgehead atoms. The number of methoxy groups -OCH3 is 1. The highest BCUT2D eigenvalue weighted by Gasteiger charge is 2.27. The number of carbonyl (C=O) groups is 2. The van der Waals surface area contributed by atoms with Gasteiger partial charge in [0.05, 0.1) is 24.6 Å². The number of nitrogens with zero attached hydrogens (tertiary/aromatic N) is 3. The Bertz CT molecular complexity index is 1450. The fourth-order valence-electron chi connectivity index (χ4n) is 4.61. The smallest absolute Gasteiger partial charge is 0.289 e. The van der Waals surface area contributed by atoms with E-state index in [1.165, 1.54) is 6.26 Å². The molecule has 1 aliphatic heterocycles. The highest BCUT2D eigenvalue weighted by atomic mass is 32.2. The Morgan fingerprint density at radius 2 is 1.82 bits per heavy atom. The number of furan rings is 1. The molecule has 2 amide bonds. The summed E-state index contributed by atoms with van der Waals surface area (Å²) in [6.45, 7) is 2.48. The number of nitrogens with one attached hydrogen (secondary N) is 1. The van der Waals surface area contributed by atoms with E-state index in [2.05, 4.69) is 10.2 Å². The van der Waals surface area contributed by atoms with E-state index in [0.29, 0.717) is 49.9 Å². The first kappa shape index (κ1) is 26.4. The lowest BCUT2D eigenvalue weighted by Crippen LogP contribution is -2.49. The molecule has 0 spiro atoms. The number of amides is 2. The van der Waals surface area contributed by atoms with Gasteiger partial charge in [-0.05, 0) is 54.3 Å². The van der Waals surface area contributed by atoms with Crippen molar-refractivity contribution in [2.45, 2.75) is 11.4 Å². The molecule has 0 saturated carbocycles. The lowest BCUT2D eigenvalue weighted by molar-refractivity contribution is 0.0713. The van der Waals surface area contributed by atoms with Gasteiger partial charge in [-0.15, -0.1) is 11.8 Å². The number of carbonyl (C=O) groups excluding carboxylic acids is 2. The van der Waals surface area contributed by atoms with Crippen LogP contribution in [0.2, 0.25) is 0 Å². The average molecular weight is 543 g/mol. The third-order valence-electron chi connectivity index (χ3n) is 6.72. The molecule has 1 N–H and O–H groups in total. The number of anilines is 1. The Balaban J connectivity index is 1.40. The topological polar surface area (TPSA) is 87.9 Å². The van der Waals surface area contributed by atoms with Gasteiger partial charge in [0.2, 0.25) is 0 Å². The minimum atomic E-state index is -0.195. The predicted molar refractivity (Wildman–Crippen MR) is 152 cm³/mol. The number of hydrogen-bond donors (Lipinski definition) is 1. The molecule has 4 aromatic rings. The summed E-state index contributed by atoms with van der Waals surface area (Å²) in [5.41, 5.74) is 3.19. The monoisotopic (exact) mass is 542 g/mol. The van der Waals surface area contributed by atoms with Crippen molar-refractivity contribution in [3.05, 3.63) is 95.9 Å². The van der Waals surface area contributed by atoms with Crippen LogP contribution >= 0.6 is 11.8 Å². The Kier molecular flexibility index (Phi) is 8.17. The third-order valence-corrected chi connectivity index (χ3v) is 7.55. The molecule has 2 aromatic heterocycles. The first-order chi connectivity index (χ1) is 19.1. The van der Waals surface area contributed by atoms with Crippen LogP contribution in [0.4, 0.5) is 5.82 Å². The van der Waals surface area contributed by atoms with Crippen LogP contribution in [0.1, 0.15) is 26.5 Å². The first-order valence-corrected chi connectivity index (χ1v) is 13.9. The molecule has 0 radical (unpaired) electrons. The quantitative estimate of drug-likeness (QED) is 0.315. The predicted octanol–water partition coefficient (Wildman–Crippen LogP) is 4.96. The van der Waals surface area contributed by atoms with Crippen LogP contribution in [0.3, 0.4) is 0 Å². The molecule has 1 fully saturated rings. The fourth-order valence-corrected chi connectivity index (χ4v) is 5.22. The van der Waals surface area contributed by atoms with Crippen LogP contribution in [0.25, 0.3) is 11.3 Å². The summed E-state index contributed by atoms with van der Waals surface area (Å²) in [6.07, 6.45) is 3.52. The molecule has 1 aliphatic rings. The van der Waals surface area contributed by atoms with E-state index in [4.69, 9.17) is 14.1 Å². The first-order valence-electron chi connectivity index (χ1n) is 12.7. The van der Waals surface area contributed by atoms with E-state index in [0.717, 1.165) is 27.5 Å². The van der Waals surface area contributed by atoms with Gasteiger partial charge in [0.1, 0.15) is 11.6 Å². The molecule has 200 valence electrons. The van der Waals surface area contributed by atoms with Crippen molar-refractivity contribution in [3.63, 3.8) is 0 Å². The number of benzene rings is 2. The van der Waals surface area contributed by atoms with Crippen molar-refractivity contribution >= 4 is 29.4 Å². The highest BCUT2D eigenvalue weighted by Crippen LogP contribution is 2.28. The van der Waals surface area contributed by atoms with E-state index >= 15 is 0 Å². The van der Waals surface area contributed by atoms with E-state index < -0.39 is 0 Å². The highest BCUT2D eigenvalue weighted by molar-refractivity contribution is 7.98. The van der Waals surface area contributed by atoms with Crippen molar-refractivity contribution in [1.82, 2.24) is 15.2 Å². The number of aromatic nitrogens is 1. The molecule has 1 saturated heterocycles. The van der Waals surface area contributed by atoms with Gasteiger partial charge in [0, 0.05) is 43.2 Å². The largest absolute Gasteiger partial charge is 0.497 e. The average Bonchev–Trinajstić information content (AvgIpc) is 3.55. The lowest BCUT2D eigenvalue weighted by atomic mass is 10.1. The molecule has 5 rings (SSSR count). The lowest BCUT2D eigenvalue weighted by Gasteiger charge is -2.36. The standard InChI is InChI=1S/C30H30N4O4S/c1-37-23-9-5-8-21(19-23)25-13-12-24(29(35)31-20-22-7-3-4-11-27(22)39-2)28(32-25)33-14-16-34(17-15-33)30(36)26-10-6-18-38-26/h3-13,18-19H,14-17,20H2,1-2H3,(H,31,35). The van der Waals surface area contributed by atoms with Gasteiger partial charge in [-0.3, -0.25) is 9.59 Å². The fraction of sp³-hybridized carbons (Fsp3) is 0.233. The maximum absolute atomic E-state index is 13.5. The summed E-state index contributed by atoms with van der Waals surface area (Å²) in [6, 6.07) is 22.8. The number of hydrogen-bond acceptors (Lipinski definition) is 7. The molecule has 0 atom stereocenters. The summed E-state index contributed by atoms with van der Waals surface area (Å²) >= 11 is 1.65. The minimum Gasteiger partial charge on any atom is -0.497 e. The van der Waals surface area contributed by atoms with Crippen molar-refractivity contribution < 1.29 is 18.7 Å². The Morgan fingerprint density at radius 3 is 2.56 bits per heavy atom. The Labute approximate surface area is 232 Å². The zero-order chi connectivity index (χ0) is 27.2. The summed E-state index contributed by atoms with van der Waals surface area (Å²) < 4.78 is 10.7. The van der Waals surface area contributed by atoms with Gasteiger partial charge in [-0.2, -0.15) is 0 Å². The second-order valence-electron chi connectivity index (χ2n) is 9.05. The number of thioether (sulfide) groups is 1. The van der Waals surface area contributed by atoms with Gasteiger partial charge in [-0.1, -0.05) is 30.3 Å². The van der Waals surface area contributed by atoms with Gasteiger partial charge in [-0.25, -0.2) is 4.98 Å². The summed E-state index contributed by atoms with van der Waals surface area (Å²) in [5, 5.41) is 3.08. The summed E-state index contributed by atoms with van der Waals surface area (Å²) in [7, 11) is 1.63. The number of rotatable bonds is 8. The minimum absolute atomic E-state index is 0.136. The molecule has 39 heavy (non-hydrogen) atoms. The zero-order valence-electron chi connectivity index (χ0n) is 21.9. The molecular formula is C30H30N4O4S. The Hall–Kier alpha value is -4.24. The number of piperazine rings is 1. The van der Waals surface area contributed by atoms with Crippen molar-refractivity contribution in [2.24, 2.45) is 0 Å². The van der Waals surface area contributed by atoms with E-state index in [-0.39, 0.29) is 11.8 Å².